The number of nitrogens with zero attached hydrogens (tertiary/aromatic N) is 1. The lowest BCUT2D eigenvalue weighted by atomic mass is 10.1. The first-order valence-corrected chi connectivity index (χ1v) is 3.57. The average Bonchev–Trinajstić information content (AvgIpc) is 2.14. The molecule has 0 bridgehead atoms. The van der Waals surface area contributed by atoms with Gasteiger partial charge in [0.15, 0.2) is 0 Å². The van der Waals surface area contributed by atoms with E-state index in [-0.39, 0.29) is 5.92 Å². The maximum absolute atomic E-state index is 8.43. The van der Waals surface area contributed by atoms with Crippen LogP contribution in [-0.4, -0.2) is 5.75 Å². The van der Waals surface area contributed by atoms with Gasteiger partial charge in [-0.05, 0) is 17.9 Å². The molecule has 1 aliphatic rings. The summed E-state index contributed by atoms with van der Waals surface area (Å²) in [7, 11) is 0. The number of allylic oxidation sites excluding steroid dienone is 1. The molecule has 2 heteroatoms. The summed E-state index contributed by atoms with van der Waals surface area (Å²) in [6.07, 6.45) is 0. The van der Waals surface area contributed by atoms with E-state index in [0.717, 1.165) is 5.75 Å². The average molecular weight is 125 g/mol. The van der Waals surface area contributed by atoms with E-state index in [0.29, 0.717) is 0 Å². The third-order valence-corrected chi connectivity index (χ3v) is 2.30. The molecule has 1 atom stereocenters. The molecule has 0 fully saturated rings. The Morgan fingerprint density at radius 2 is 2.75 bits per heavy atom. The highest BCUT2D eigenvalue weighted by Crippen LogP contribution is 2.26. The first-order valence-electron chi connectivity index (χ1n) is 2.52. The highest BCUT2D eigenvalue weighted by Gasteiger charge is 2.13. The highest BCUT2D eigenvalue weighted by molar-refractivity contribution is 8.02. The molecule has 1 aliphatic heterocycles. The lowest BCUT2D eigenvalue weighted by Crippen LogP contribution is -1.94. The Morgan fingerprint density at radius 3 is 3.00 bits per heavy atom. The van der Waals surface area contributed by atoms with Crippen molar-refractivity contribution in [2.45, 2.75) is 6.92 Å². The zero-order valence-electron chi connectivity index (χ0n) is 4.72. The molecule has 1 rings (SSSR count). The van der Waals surface area contributed by atoms with Crippen LogP contribution in [0.15, 0.2) is 11.0 Å². The lowest BCUT2D eigenvalue weighted by molar-refractivity contribution is 0.913. The molecule has 1 nitrogen and oxygen atoms in total. The monoisotopic (exact) mass is 125 g/mol. The summed E-state index contributed by atoms with van der Waals surface area (Å²) in [5.74, 6) is 1.16. The van der Waals surface area contributed by atoms with Gasteiger partial charge < -0.3 is 0 Å². The van der Waals surface area contributed by atoms with Crippen molar-refractivity contribution in [3.8, 4) is 6.07 Å². The second-order valence-corrected chi connectivity index (χ2v) is 2.78. The molecule has 0 aromatic heterocycles. The SMILES string of the molecule is CC1=CSCC1C#N. The summed E-state index contributed by atoms with van der Waals surface area (Å²) in [5, 5.41) is 10.5. The van der Waals surface area contributed by atoms with Crippen LogP contribution in [0.1, 0.15) is 6.92 Å². The molecule has 0 amide bonds. The van der Waals surface area contributed by atoms with E-state index in [2.05, 4.69) is 11.5 Å². The van der Waals surface area contributed by atoms with Crippen molar-refractivity contribution in [3.63, 3.8) is 0 Å². The minimum Gasteiger partial charge on any atom is -0.198 e. The molecule has 0 aliphatic carbocycles. The minimum atomic E-state index is 0.194. The van der Waals surface area contributed by atoms with Gasteiger partial charge >= 0.3 is 0 Å². The standard InChI is InChI=1S/C6H7NS/c1-5-3-8-4-6(5)2-7/h3,6H,4H2,1H3. The Bertz CT molecular complexity index is 154. The predicted molar refractivity (Wildman–Crippen MR) is 35.3 cm³/mol. The van der Waals surface area contributed by atoms with Crippen LogP contribution in [0.5, 0.6) is 0 Å². The molecule has 0 N–H and O–H groups in total. The molecular formula is C6H7NS. The van der Waals surface area contributed by atoms with Crippen molar-refractivity contribution in [1.82, 2.24) is 0 Å². The van der Waals surface area contributed by atoms with Gasteiger partial charge in [0.1, 0.15) is 0 Å². The Balaban J connectivity index is 2.63. The Hall–Kier alpha value is -0.420. The zero-order valence-corrected chi connectivity index (χ0v) is 5.53. The smallest absolute Gasteiger partial charge is 0.0771 e. The van der Waals surface area contributed by atoms with Crippen molar-refractivity contribution < 1.29 is 0 Å². The second-order valence-electron chi connectivity index (χ2n) is 1.88. The maximum atomic E-state index is 8.43. The third kappa shape index (κ3) is 0.873. The molecule has 8 heavy (non-hydrogen) atoms. The first-order chi connectivity index (χ1) is 3.84. The fourth-order valence-corrected chi connectivity index (χ4v) is 1.68. The van der Waals surface area contributed by atoms with Crippen LogP contribution in [0.3, 0.4) is 0 Å². The number of thioether (sulfide) groups is 1. The number of hydrogen-bond acceptors (Lipinski definition) is 2. The van der Waals surface area contributed by atoms with Gasteiger partial charge in [-0.1, -0.05) is 0 Å². The Labute approximate surface area is 53.4 Å². The number of hydrogen-bond donors (Lipinski definition) is 0. The lowest BCUT2D eigenvalue weighted by Gasteiger charge is -1.94. The van der Waals surface area contributed by atoms with Crippen LogP contribution >= 0.6 is 11.8 Å². The van der Waals surface area contributed by atoms with E-state index in [4.69, 9.17) is 5.26 Å². The molecule has 0 saturated carbocycles. The molecular weight excluding hydrogens is 118 g/mol. The zero-order chi connectivity index (χ0) is 5.98. The van der Waals surface area contributed by atoms with Gasteiger partial charge in [0, 0.05) is 5.75 Å². The van der Waals surface area contributed by atoms with E-state index in [1.807, 2.05) is 6.92 Å². The summed E-state index contributed by atoms with van der Waals surface area (Å²) in [4.78, 5) is 0. The maximum Gasteiger partial charge on any atom is 0.0771 e. The predicted octanol–water partition coefficient (Wildman–Crippen LogP) is 1.78. The summed E-state index contributed by atoms with van der Waals surface area (Å²) < 4.78 is 0. The number of rotatable bonds is 0. The van der Waals surface area contributed by atoms with Crippen molar-refractivity contribution in [1.29, 1.82) is 5.26 Å². The normalized spacial score (nSPS) is 27.0. The first kappa shape index (κ1) is 5.71. The van der Waals surface area contributed by atoms with Crippen molar-refractivity contribution in [2.24, 2.45) is 5.92 Å². The fraction of sp³-hybridized carbons (Fsp3) is 0.500. The van der Waals surface area contributed by atoms with Crippen LogP contribution < -0.4 is 0 Å². The van der Waals surface area contributed by atoms with Gasteiger partial charge in [-0.15, -0.1) is 11.8 Å². The molecule has 0 saturated heterocycles. The fourth-order valence-electron chi connectivity index (χ4n) is 0.628. The molecule has 0 aromatic rings. The van der Waals surface area contributed by atoms with Crippen LogP contribution in [0.2, 0.25) is 0 Å². The van der Waals surface area contributed by atoms with Crippen molar-refractivity contribution in [3.05, 3.63) is 11.0 Å². The molecule has 1 unspecified atom stereocenters. The minimum absolute atomic E-state index is 0.194. The quantitative estimate of drug-likeness (QED) is 0.492. The van der Waals surface area contributed by atoms with Gasteiger partial charge in [-0.3, -0.25) is 0 Å². The third-order valence-electron chi connectivity index (χ3n) is 1.24. The summed E-state index contributed by atoms with van der Waals surface area (Å²) in [5.41, 5.74) is 1.22. The molecule has 0 radical (unpaired) electrons. The van der Waals surface area contributed by atoms with E-state index in [1.165, 1.54) is 5.57 Å². The van der Waals surface area contributed by atoms with E-state index < -0.39 is 0 Å². The molecule has 42 valence electrons. The number of nitriles is 1. The van der Waals surface area contributed by atoms with Gasteiger partial charge in [0.2, 0.25) is 0 Å². The topological polar surface area (TPSA) is 23.8 Å². The van der Waals surface area contributed by atoms with Crippen LogP contribution in [0, 0.1) is 17.2 Å². The Morgan fingerprint density at radius 1 is 2.00 bits per heavy atom. The molecule has 1 heterocycles. The van der Waals surface area contributed by atoms with Crippen molar-refractivity contribution >= 4 is 11.8 Å². The van der Waals surface area contributed by atoms with Gasteiger partial charge in [-0.25, -0.2) is 0 Å². The summed E-state index contributed by atoms with van der Waals surface area (Å²) >= 11 is 1.73. The van der Waals surface area contributed by atoms with Gasteiger partial charge in [0.05, 0.1) is 12.0 Å². The molecule has 0 spiro atoms. The van der Waals surface area contributed by atoms with E-state index >= 15 is 0 Å². The van der Waals surface area contributed by atoms with Gasteiger partial charge in [-0.2, -0.15) is 5.26 Å². The van der Waals surface area contributed by atoms with Crippen molar-refractivity contribution in [2.75, 3.05) is 5.75 Å². The molecule has 0 aromatic carbocycles. The van der Waals surface area contributed by atoms with E-state index in [1.54, 1.807) is 11.8 Å². The Kier molecular flexibility index (Phi) is 1.59. The van der Waals surface area contributed by atoms with Crippen LogP contribution in [0.4, 0.5) is 0 Å². The summed E-state index contributed by atoms with van der Waals surface area (Å²) in [6.45, 7) is 2.01. The second kappa shape index (κ2) is 2.23. The van der Waals surface area contributed by atoms with Gasteiger partial charge in [0.25, 0.3) is 0 Å². The summed E-state index contributed by atoms with van der Waals surface area (Å²) in [6, 6.07) is 2.22. The highest BCUT2D eigenvalue weighted by atomic mass is 32.2. The van der Waals surface area contributed by atoms with E-state index in [9.17, 15) is 0 Å². The van der Waals surface area contributed by atoms with Crippen LogP contribution in [-0.2, 0) is 0 Å². The van der Waals surface area contributed by atoms with Crippen LogP contribution in [0.25, 0.3) is 0 Å². The largest absolute Gasteiger partial charge is 0.198 e.